The molecule has 1 aliphatic heterocycles. The number of hydrogen-bond donors (Lipinski definition) is 4. The first kappa shape index (κ1) is 32.6. The SMILES string of the molecule is CNC(OC1CC(=O)CCc2ccc(O)c(OC)c2-c2ccc3ccc(O)cc3c2C2CCC1CCCSS2)c1cccc(O)c1. The average Bonchev–Trinajstić information content (AvgIpc) is 3.17. The minimum atomic E-state index is -0.478. The summed E-state index contributed by atoms with van der Waals surface area (Å²) in [6, 6.07) is 20.3. The molecule has 0 radical (unpaired) electrons. The number of Topliss-reactive ketones (excluding diaryl/α,β-unsaturated/α-hetero) is 1. The zero-order valence-electron chi connectivity index (χ0n) is 26.2. The molecule has 4 N–H and O–H groups in total. The Morgan fingerprint density at radius 1 is 0.935 bits per heavy atom. The van der Waals surface area contributed by atoms with Crippen LogP contribution in [0.4, 0.5) is 0 Å². The number of carbonyl (C=O) groups excluding carboxylic acids is 1. The highest BCUT2D eigenvalue weighted by Gasteiger charge is 2.32. The Labute approximate surface area is 278 Å². The van der Waals surface area contributed by atoms with Crippen LogP contribution in [0.15, 0.2) is 66.7 Å². The Bertz CT molecular complexity index is 1710. The van der Waals surface area contributed by atoms with Crippen molar-refractivity contribution in [1.29, 1.82) is 0 Å². The number of methoxy groups -OCH3 is 1. The van der Waals surface area contributed by atoms with Gasteiger partial charge in [-0.2, -0.15) is 0 Å². The third-order valence-electron chi connectivity index (χ3n) is 9.23. The first-order valence-electron chi connectivity index (χ1n) is 15.9. The lowest BCUT2D eigenvalue weighted by Crippen LogP contribution is -2.33. The van der Waals surface area contributed by atoms with E-state index in [0.717, 1.165) is 70.0 Å². The van der Waals surface area contributed by atoms with E-state index in [0.29, 0.717) is 25.0 Å². The Kier molecular flexibility index (Phi) is 10.3. The molecule has 9 heteroatoms. The van der Waals surface area contributed by atoms with Crippen LogP contribution in [0.5, 0.6) is 23.0 Å². The monoisotopic (exact) mass is 659 g/mol. The van der Waals surface area contributed by atoms with E-state index in [1.54, 1.807) is 37.4 Å². The largest absolute Gasteiger partial charge is 0.508 e. The van der Waals surface area contributed by atoms with Crippen LogP contribution in [0.25, 0.3) is 21.9 Å². The smallest absolute Gasteiger partial charge is 0.168 e. The number of phenols is 3. The second kappa shape index (κ2) is 14.6. The van der Waals surface area contributed by atoms with Crippen molar-refractivity contribution in [2.45, 2.75) is 62.5 Å². The summed E-state index contributed by atoms with van der Waals surface area (Å²) in [5.41, 5.74) is 4.59. The van der Waals surface area contributed by atoms with Gasteiger partial charge in [-0.15, -0.1) is 0 Å². The normalized spacial score (nSPS) is 21.4. The summed E-state index contributed by atoms with van der Waals surface area (Å²) in [5, 5.41) is 37.1. The number of carbonyl (C=O) groups is 1. The predicted molar refractivity (Wildman–Crippen MR) is 187 cm³/mol. The minimum absolute atomic E-state index is 0.0499. The van der Waals surface area contributed by atoms with Crippen molar-refractivity contribution in [1.82, 2.24) is 5.32 Å². The topological polar surface area (TPSA) is 108 Å². The van der Waals surface area contributed by atoms with Crippen molar-refractivity contribution in [3.63, 3.8) is 0 Å². The highest BCUT2D eigenvalue weighted by molar-refractivity contribution is 8.76. The van der Waals surface area contributed by atoms with Gasteiger partial charge in [0.1, 0.15) is 23.5 Å². The maximum Gasteiger partial charge on any atom is 0.168 e. The number of aryl methyl sites for hydroxylation is 1. The number of ether oxygens (including phenoxy) is 2. The molecule has 4 aromatic rings. The molecule has 4 unspecified atom stereocenters. The van der Waals surface area contributed by atoms with E-state index in [4.69, 9.17) is 9.47 Å². The summed E-state index contributed by atoms with van der Waals surface area (Å²) >= 11 is 0. The Morgan fingerprint density at radius 2 is 1.76 bits per heavy atom. The van der Waals surface area contributed by atoms with Gasteiger partial charge >= 0.3 is 0 Å². The summed E-state index contributed by atoms with van der Waals surface area (Å²) in [6.07, 6.45) is 3.94. The van der Waals surface area contributed by atoms with Crippen molar-refractivity contribution >= 4 is 38.1 Å². The van der Waals surface area contributed by atoms with E-state index in [1.807, 2.05) is 52.9 Å². The van der Waals surface area contributed by atoms with Crippen LogP contribution in [0.2, 0.25) is 0 Å². The second-order valence-corrected chi connectivity index (χ2v) is 14.8. The van der Waals surface area contributed by atoms with E-state index in [-0.39, 0.29) is 40.3 Å². The molecule has 1 heterocycles. The predicted octanol–water partition coefficient (Wildman–Crippen LogP) is 8.45. The van der Waals surface area contributed by atoms with Crippen LogP contribution >= 0.6 is 21.6 Å². The molecule has 4 aromatic carbocycles. The molecule has 46 heavy (non-hydrogen) atoms. The first-order chi connectivity index (χ1) is 22.4. The van der Waals surface area contributed by atoms with Crippen molar-refractivity contribution < 1.29 is 29.6 Å². The molecule has 0 amide bonds. The molecule has 0 spiro atoms. The summed E-state index contributed by atoms with van der Waals surface area (Å²) in [4.78, 5) is 13.8. The summed E-state index contributed by atoms with van der Waals surface area (Å²) < 4.78 is 12.6. The lowest BCUT2D eigenvalue weighted by molar-refractivity contribution is -0.126. The van der Waals surface area contributed by atoms with Gasteiger partial charge in [-0.3, -0.25) is 10.1 Å². The fraction of sp³-hybridized carbons (Fsp3) is 0.378. The zero-order valence-corrected chi connectivity index (χ0v) is 27.8. The molecule has 4 atom stereocenters. The summed E-state index contributed by atoms with van der Waals surface area (Å²) in [7, 11) is 7.12. The number of rotatable bonds is 5. The van der Waals surface area contributed by atoms with E-state index in [9.17, 15) is 20.1 Å². The maximum absolute atomic E-state index is 13.8. The highest BCUT2D eigenvalue weighted by atomic mass is 33.1. The van der Waals surface area contributed by atoms with Crippen LogP contribution in [0, 0.1) is 5.92 Å². The Morgan fingerprint density at radius 3 is 2.57 bits per heavy atom. The quantitative estimate of drug-likeness (QED) is 0.124. The van der Waals surface area contributed by atoms with E-state index < -0.39 is 6.23 Å². The average molecular weight is 660 g/mol. The molecule has 6 rings (SSSR count). The lowest BCUT2D eigenvalue weighted by atomic mass is 9.85. The summed E-state index contributed by atoms with van der Waals surface area (Å²) in [6.45, 7) is 0. The van der Waals surface area contributed by atoms with Crippen molar-refractivity contribution in [2.75, 3.05) is 19.9 Å². The van der Waals surface area contributed by atoms with Crippen molar-refractivity contribution in [2.24, 2.45) is 5.92 Å². The minimum Gasteiger partial charge on any atom is -0.508 e. The highest BCUT2D eigenvalue weighted by Crippen LogP contribution is 2.52. The van der Waals surface area contributed by atoms with Gasteiger partial charge < -0.3 is 24.8 Å². The third-order valence-corrected chi connectivity index (χ3v) is 12.1. The molecule has 2 aliphatic rings. The number of benzene rings is 4. The number of aromatic hydroxyl groups is 3. The molecule has 1 aliphatic carbocycles. The van der Waals surface area contributed by atoms with Gasteiger partial charge in [0.05, 0.1) is 13.2 Å². The molecule has 1 fully saturated rings. The van der Waals surface area contributed by atoms with Gasteiger partial charge in [0.25, 0.3) is 0 Å². The van der Waals surface area contributed by atoms with Gasteiger partial charge in [0.15, 0.2) is 11.5 Å². The van der Waals surface area contributed by atoms with E-state index in [1.165, 1.54) is 0 Å². The van der Waals surface area contributed by atoms with Gasteiger partial charge in [-0.1, -0.05) is 58.0 Å². The molecule has 1 saturated heterocycles. The molecular weight excluding hydrogens is 619 g/mol. The molecule has 2 bridgehead atoms. The number of phenolic OH excluding ortho intramolecular Hbond substituents is 3. The number of nitrogens with one attached hydrogen (secondary N) is 1. The molecule has 7 nitrogen and oxygen atoms in total. The fourth-order valence-electron chi connectivity index (χ4n) is 6.98. The first-order valence-corrected chi connectivity index (χ1v) is 18.3. The Hall–Kier alpha value is -3.37. The van der Waals surface area contributed by atoms with Crippen LogP contribution in [0.3, 0.4) is 0 Å². The maximum atomic E-state index is 13.8. The van der Waals surface area contributed by atoms with Gasteiger partial charge in [-0.05, 0) is 108 Å². The molecule has 0 aromatic heterocycles. The standard InChI is InChI=1S/C37H41NO6S2/c1-38-37(25-5-3-7-26(39)19-25)44-32-21-28(41)14-9-24-11-16-31(42)36(43-2)34(24)29-15-10-22-8-13-27(40)20-30(22)35(29)33-17-12-23(32)6-4-18-45-46-33/h3,5,7-8,10-11,13,15-16,19-20,23,32-33,37-40,42H,4,6,9,12,14,17-18,21H2,1-2H3. The third kappa shape index (κ3) is 6.98. The van der Waals surface area contributed by atoms with Crippen LogP contribution in [-0.4, -0.2) is 47.1 Å². The molecule has 0 saturated carbocycles. The van der Waals surface area contributed by atoms with E-state index in [2.05, 4.69) is 17.4 Å². The van der Waals surface area contributed by atoms with Crippen LogP contribution < -0.4 is 10.1 Å². The van der Waals surface area contributed by atoms with Crippen molar-refractivity contribution in [3.05, 3.63) is 83.4 Å². The van der Waals surface area contributed by atoms with Crippen molar-refractivity contribution in [3.8, 4) is 34.1 Å². The van der Waals surface area contributed by atoms with Crippen LogP contribution in [0.1, 0.15) is 66.7 Å². The van der Waals surface area contributed by atoms with Gasteiger partial charge in [-0.25, -0.2) is 0 Å². The Balaban J connectivity index is 1.50. The van der Waals surface area contributed by atoms with Gasteiger partial charge in [0, 0.05) is 29.4 Å². The zero-order chi connectivity index (χ0) is 32.2. The molecule has 242 valence electrons. The summed E-state index contributed by atoms with van der Waals surface area (Å²) in [5.74, 6) is 2.05. The lowest BCUT2D eigenvalue weighted by Gasteiger charge is -2.31. The molecular formula is C37H41NO6S2. The second-order valence-electron chi connectivity index (χ2n) is 12.2. The van der Waals surface area contributed by atoms with Crippen LogP contribution in [-0.2, 0) is 16.0 Å². The van der Waals surface area contributed by atoms with Gasteiger partial charge in [0.2, 0.25) is 0 Å². The fourth-order valence-corrected chi connectivity index (χ4v) is 9.82. The van der Waals surface area contributed by atoms with E-state index >= 15 is 0 Å². The number of ketones is 1. The number of hydrogen-bond acceptors (Lipinski definition) is 9. The number of fused-ring (bicyclic) bond motifs is 9.